The number of carboxylic acid groups (broad SMARTS) is 1. The van der Waals surface area contributed by atoms with Gasteiger partial charge in [-0.2, -0.15) is 0 Å². The number of carboxylic acids is 1. The monoisotopic (exact) mass is 233 g/mol. The van der Waals surface area contributed by atoms with Crippen LogP contribution in [0.1, 0.15) is 15.2 Å². The van der Waals surface area contributed by atoms with Gasteiger partial charge in [0.2, 0.25) is 0 Å². The summed E-state index contributed by atoms with van der Waals surface area (Å²) in [6, 6.07) is 11.5. The van der Waals surface area contributed by atoms with Crippen molar-refractivity contribution in [3.63, 3.8) is 0 Å². The molecule has 2 rings (SSSR count). The number of rotatable bonds is 4. The fourth-order valence-electron chi connectivity index (χ4n) is 1.34. The lowest BCUT2D eigenvalue weighted by atomic mass is 10.3. The van der Waals surface area contributed by atoms with Crippen molar-refractivity contribution >= 4 is 23.0 Å². The predicted molar refractivity (Wildman–Crippen MR) is 65.0 cm³/mol. The molecule has 0 saturated carbocycles. The summed E-state index contributed by atoms with van der Waals surface area (Å²) in [4.78, 5) is 11.1. The number of nitrogens with one attached hydrogen (secondary N) is 1. The molecular formula is C12H11NO2S. The molecule has 0 spiro atoms. The van der Waals surface area contributed by atoms with Gasteiger partial charge in [0.05, 0.1) is 0 Å². The topological polar surface area (TPSA) is 49.3 Å². The maximum absolute atomic E-state index is 10.7. The van der Waals surface area contributed by atoms with Crippen molar-refractivity contribution in [2.24, 2.45) is 0 Å². The van der Waals surface area contributed by atoms with Gasteiger partial charge in [-0.05, 0) is 29.1 Å². The van der Waals surface area contributed by atoms with Gasteiger partial charge in [-0.15, -0.1) is 11.3 Å². The fraction of sp³-hybridized carbons (Fsp3) is 0.0833. The summed E-state index contributed by atoms with van der Waals surface area (Å²) >= 11 is 1.25. The molecule has 0 saturated heterocycles. The third-order valence-corrected chi connectivity index (χ3v) is 3.10. The Morgan fingerprint density at radius 3 is 2.69 bits per heavy atom. The van der Waals surface area contributed by atoms with Crippen molar-refractivity contribution < 1.29 is 9.90 Å². The summed E-state index contributed by atoms with van der Waals surface area (Å²) in [6.07, 6.45) is 0. The minimum absolute atomic E-state index is 0.380. The lowest BCUT2D eigenvalue weighted by Crippen LogP contribution is -1.98. The van der Waals surface area contributed by atoms with Gasteiger partial charge in [-0.1, -0.05) is 18.2 Å². The summed E-state index contributed by atoms with van der Waals surface area (Å²) in [5, 5.41) is 13.9. The molecule has 3 nitrogen and oxygen atoms in total. The summed E-state index contributed by atoms with van der Waals surface area (Å²) in [6.45, 7) is 0.647. The van der Waals surface area contributed by atoms with Crippen molar-refractivity contribution in [2.45, 2.75) is 6.54 Å². The Morgan fingerprint density at radius 1 is 1.31 bits per heavy atom. The van der Waals surface area contributed by atoms with Crippen molar-refractivity contribution in [3.8, 4) is 0 Å². The second-order valence-electron chi connectivity index (χ2n) is 3.34. The van der Waals surface area contributed by atoms with Crippen LogP contribution in [0.2, 0.25) is 0 Å². The molecule has 16 heavy (non-hydrogen) atoms. The molecule has 0 atom stereocenters. The van der Waals surface area contributed by atoms with E-state index in [1.807, 2.05) is 35.7 Å². The molecule has 2 aromatic rings. The maximum atomic E-state index is 10.7. The summed E-state index contributed by atoms with van der Waals surface area (Å²) in [5.74, 6) is -0.865. The van der Waals surface area contributed by atoms with E-state index in [-0.39, 0.29) is 0 Å². The second-order valence-corrected chi connectivity index (χ2v) is 4.26. The first kappa shape index (κ1) is 10.7. The van der Waals surface area contributed by atoms with E-state index in [1.165, 1.54) is 11.3 Å². The van der Waals surface area contributed by atoms with Gasteiger partial charge in [0.25, 0.3) is 0 Å². The maximum Gasteiger partial charge on any atom is 0.345 e. The van der Waals surface area contributed by atoms with E-state index < -0.39 is 5.97 Å². The molecule has 0 radical (unpaired) electrons. The number of hydrogen-bond donors (Lipinski definition) is 2. The minimum atomic E-state index is -0.865. The SMILES string of the molecule is O=C(O)c1cc(CNc2ccccc2)cs1. The Morgan fingerprint density at radius 2 is 2.06 bits per heavy atom. The molecule has 0 aliphatic heterocycles. The highest BCUT2D eigenvalue weighted by Crippen LogP contribution is 2.16. The molecule has 4 heteroatoms. The average Bonchev–Trinajstić information content (AvgIpc) is 2.76. The van der Waals surface area contributed by atoms with Crippen LogP contribution in [0.4, 0.5) is 5.69 Å². The molecule has 1 aromatic carbocycles. The molecular weight excluding hydrogens is 222 g/mol. The smallest absolute Gasteiger partial charge is 0.345 e. The first-order chi connectivity index (χ1) is 7.75. The van der Waals surface area contributed by atoms with Gasteiger partial charge in [-0.3, -0.25) is 0 Å². The van der Waals surface area contributed by atoms with E-state index in [2.05, 4.69) is 5.32 Å². The Balaban J connectivity index is 1.97. The van der Waals surface area contributed by atoms with Gasteiger partial charge in [0.15, 0.2) is 0 Å². The normalized spacial score (nSPS) is 10.0. The molecule has 1 heterocycles. The number of thiophene rings is 1. The van der Waals surface area contributed by atoms with Crippen LogP contribution in [0.3, 0.4) is 0 Å². The fourth-order valence-corrected chi connectivity index (χ4v) is 2.09. The van der Waals surface area contributed by atoms with Gasteiger partial charge >= 0.3 is 5.97 Å². The Labute approximate surface area is 97.4 Å². The van der Waals surface area contributed by atoms with E-state index in [9.17, 15) is 4.79 Å². The molecule has 0 aliphatic carbocycles. The Bertz CT molecular complexity index is 479. The quantitative estimate of drug-likeness (QED) is 0.853. The van der Waals surface area contributed by atoms with Crippen LogP contribution in [0.15, 0.2) is 41.8 Å². The van der Waals surface area contributed by atoms with Gasteiger partial charge < -0.3 is 10.4 Å². The third kappa shape index (κ3) is 2.61. The molecule has 1 aromatic heterocycles. The van der Waals surface area contributed by atoms with Crippen LogP contribution >= 0.6 is 11.3 Å². The van der Waals surface area contributed by atoms with Crippen molar-refractivity contribution in [3.05, 3.63) is 52.2 Å². The Kier molecular flexibility index (Phi) is 3.22. The zero-order chi connectivity index (χ0) is 11.4. The van der Waals surface area contributed by atoms with Crippen LogP contribution in [0.5, 0.6) is 0 Å². The number of para-hydroxylation sites is 1. The summed E-state index contributed by atoms with van der Waals surface area (Å²) < 4.78 is 0. The van der Waals surface area contributed by atoms with E-state index in [0.717, 1.165) is 11.3 Å². The third-order valence-electron chi connectivity index (χ3n) is 2.13. The van der Waals surface area contributed by atoms with Crippen LogP contribution < -0.4 is 5.32 Å². The van der Waals surface area contributed by atoms with Crippen LogP contribution in [0.25, 0.3) is 0 Å². The highest BCUT2D eigenvalue weighted by atomic mass is 32.1. The molecule has 0 amide bonds. The first-order valence-corrected chi connectivity index (χ1v) is 5.73. The van der Waals surface area contributed by atoms with E-state index >= 15 is 0 Å². The highest BCUT2D eigenvalue weighted by molar-refractivity contribution is 7.12. The van der Waals surface area contributed by atoms with Gasteiger partial charge in [0.1, 0.15) is 4.88 Å². The van der Waals surface area contributed by atoms with E-state index in [4.69, 9.17) is 5.11 Å². The molecule has 0 bridgehead atoms. The van der Waals surface area contributed by atoms with Crippen LogP contribution in [-0.4, -0.2) is 11.1 Å². The predicted octanol–water partition coefficient (Wildman–Crippen LogP) is 3.06. The number of carbonyl (C=O) groups is 1. The molecule has 0 fully saturated rings. The summed E-state index contributed by atoms with van der Waals surface area (Å²) in [7, 11) is 0. The number of anilines is 1. The number of aromatic carboxylic acids is 1. The van der Waals surface area contributed by atoms with Crippen molar-refractivity contribution in [1.29, 1.82) is 0 Å². The van der Waals surface area contributed by atoms with Crippen LogP contribution in [0, 0.1) is 0 Å². The van der Waals surface area contributed by atoms with E-state index in [1.54, 1.807) is 6.07 Å². The van der Waals surface area contributed by atoms with Gasteiger partial charge in [-0.25, -0.2) is 4.79 Å². The lowest BCUT2D eigenvalue weighted by Gasteiger charge is -2.03. The molecule has 0 aliphatic rings. The average molecular weight is 233 g/mol. The molecule has 0 unspecified atom stereocenters. The minimum Gasteiger partial charge on any atom is -0.477 e. The van der Waals surface area contributed by atoms with E-state index in [0.29, 0.717) is 11.4 Å². The second kappa shape index (κ2) is 4.81. The first-order valence-electron chi connectivity index (χ1n) is 4.85. The lowest BCUT2D eigenvalue weighted by molar-refractivity contribution is 0.0702. The van der Waals surface area contributed by atoms with Crippen LogP contribution in [-0.2, 0) is 6.54 Å². The molecule has 2 N–H and O–H groups in total. The zero-order valence-electron chi connectivity index (χ0n) is 8.51. The van der Waals surface area contributed by atoms with Crippen molar-refractivity contribution in [2.75, 3.05) is 5.32 Å². The number of benzene rings is 1. The standard InChI is InChI=1S/C12H11NO2S/c14-12(15)11-6-9(8-16-11)7-13-10-4-2-1-3-5-10/h1-6,8,13H,7H2,(H,14,15). The highest BCUT2D eigenvalue weighted by Gasteiger charge is 2.06. The largest absolute Gasteiger partial charge is 0.477 e. The van der Waals surface area contributed by atoms with Gasteiger partial charge in [0, 0.05) is 12.2 Å². The number of hydrogen-bond acceptors (Lipinski definition) is 3. The van der Waals surface area contributed by atoms with Crippen molar-refractivity contribution in [1.82, 2.24) is 0 Å². The summed E-state index contributed by atoms with van der Waals surface area (Å²) in [5.41, 5.74) is 2.02. The zero-order valence-corrected chi connectivity index (χ0v) is 9.33. The molecule has 82 valence electrons. The Hall–Kier alpha value is -1.81.